The van der Waals surface area contributed by atoms with Gasteiger partial charge in [0, 0.05) is 24.7 Å². The molecule has 0 radical (unpaired) electrons. The van der Waals surface area contributed by atoms with Crippen LogP contribution in [-0.2, 0) is 0 Å². The van der Waals surface area contributed by atoms with Gasteiger partial charge in [0.1, 0.15) is 5.69 Å². The maximum Gasteiger partial charge on any atom is 0.274 e. The van der Waals surface area contributed by atoms with Gasteiger partial charge in [-0.25, -0.2) is 9.97 Å². The van der Waals surface area contributed by atoms with Crippen LogP contribution in [0.25, 0.3) is 15.4 Å². The summed E-state index contributed by atoms with van der Waals surface area (Å²) in [6, 6.07) is 8.10. The number of thiazole rings is 2. The van der Waals surface area contributed by atoms with Gasteiger partial charge in [0.25, 0.3) is 11.8 Å². The van der Waals surface area contributed by atoms with E-state index in [2.05, 4.69) is 21.4 Å². The topological polar surface area (TPSA) is 79.6 Å². The highest BCUT2D eigenvalue weighted by Crippen LogP contribution is 2.50. The van der Waals surface area contributed by atoms with Crippen LogP contribution in [0, 0.1) is 25.7 Å². The summed E-state index contributed by atoms with van der Waals surface area (Å²) < 4.78 is 1.70. The van der Waals surface area contributed by atoms with Crippen molar-refractivity contribution in [3.63, 3.8) is 0 Å². The van der Waals surface area contributed by atoms with Gasteiger partial charge < -0.3 is 10.2 Å². The van der Waals surface area contributed by atoms with Crippen LogP contribution in [0.4, 0.5) is 0 Å². The fourth-order valence-electron chi connectivity index (χ4n) is 5.00. The summed E-state index contributed by atoms with van der Waals surface area (Å²) in [6.45, 7) is 5.06. The first-order chi connectivity index (χ1) is 16.4. The number of imidazole rings is 1. The smallest absolute Gasteiger partial charge is 0.274 e. The third kappa shape index (κ3) is 3.62. The normalized spacial score (nSPS) is 21.1. The Balaban J connectivity index is 1.24. The van der Waals surface area contributed by atoms with Crippen LogP contribution in [-0.4, -0.2) is 50.2 Å². The second-order valence-corrected chi connectivity index (χ2v) is 11.4. The summed E-state index contributed by atoms with van der Waals surface area (Å²) in [5.74, 6) is 0.566. The van der Waals surface area contributed by atoms with Gasteiger partial charge in [0.05, 0.1) is 15.9 Å². The van der Waals surface area contributed by atoms with Crippen molar-refractivity contribution in [2.45, 2.75) is 26.3 Å². The lowest BCUT2D eigenvalue weighted by Crippen LogP contribution is -2.46. The number of carbonyl (C=O) groups excluding carboxylic acids is 2. The van der Waals surface area contributed by atoms with Crippen LogP contribution in [0.15, 0.2) is 35.8 Å². The summed E-state index contributed by atoms with van der Waals surface area (Å²) in [4.78, 5) is 39.0. The number of aryl methyl sites for hydroxylation is 2. The Hall–Kier alpha value is -2.75. The zero-order chi connectivity index (χ0) is 23.6. The van der Waals surface area contributed by atoms with Crippen molar-refractivity contribution in [2.75, 3.05) is 13.1 Å². The van der Waals surface area contributed by atoms with Crippen LogP contribution >= 0.6 is 34.3 Å². The van der Waals surface area contributed by atoms with E-state index in [0.29, 0.717) is 41.3 Å². The number of likely N-dealkylation sites (tertiary alicyclic amines) is 1. The van der Waals surface area contributed by atoms with Gasteiger partial charge in [-0.1, -0.05) is 41.4 Å². The monoisotopic (exact) mass is 511 g/mol. The molecule has 1 saturated heterocycles. The minimum absolute atomic E-state index is 0.0570. The molecule has 4 heterocycles. The summed E-state index contributed by atoms with van der Waals surface area (Å²) in [6.07, 6.45) is 2.88. The Labute approximate surface area is 209 Å². The molecule has 1 aliphatic heterocycles. The fraction of sp³-hybridized carbons (Fsp3) is 0.333. The molecule has 4 aromatic rings. The Morgan fingerprint density at radius 1 is 1.26 bits per heavy atom. The maximum atomic E-state index is 13.7. The van der Waals surface area contributed by atoms with E-state index in [4.69, 9.17) is 11.6 Å². The first-order valence-corrected chi connectivity index (χ1v) is 13.2. The second kappa shape index (κ2) is 8.18. The highest BCUT2D eigenvalue weighted by atomic mass is 35.5. The quantitative estimate of drug-likeness (QED) is 0.422. The van der Waals surface area contributed by atoms with Crippen molar-refractivity contribution in [3.8, 4) is 10.4 Å². The number of hydrogen-bond acceptors (Lipinski definition) is 6. The lowest BCUT2D eigenvalue weighted by atomic mass is 10.1. The molecular weight excluding hydrogens is 490 g/mol. The van der Waals surface area contributed by atoms with Crippen molar-refractivity contribution in [1.82, 2.24) is 24.6 Å². The first-order valence-electron chi connectivity index (χ1n) is 11.2. The van der Waals surface area contributed by atoms with Crippen molar-refractivity contribution < 1.29 is 9.59 Å². The van der Waals surface area contributed by atoms with Crippen LogP contribution in [0.3, 0.4) is 0 Å². The van der Waals surface area contributed by atoms with E-state index in [1.165, 1.54) is 11.3 Å². The number of hydrogen-bond donors (Lipinski definition) is 1. The highest BCUT2D eigenvalue weighted by molar-refractivity contribution is 7.15. The Morgan fingerprint density at radius 2 is 2.12 bits per heavy atom. The molecule has 0 spiro atoms. The van der Waals surface area contributed by atoms with Gasteiger partial charge >= 0.3 is 0 Å². The highest BCUT2D eigenvalue weighted by Gasteiger charge is 2.54. The van der Waals surface area contributed by atoms with Crippen molar-refractivity contribution >= 4 is 51.0 Å². The molecular formula is C24H22ClN5O2S2. The molecule has 2 aliphatic rings. The molecule has 1 N–H and O–H groups in total. The molecule has 2 fully saturated rings. The Bertz CT molecular complexity index is 1440. The Morgan fingerprint density at radius 3 is 2.94 bits per heavy atom. The summed E-state index contributed by atoms with van der Waals surface area (Å²) >= 11 is 9.19. The lowest BCUT2D eigenvalue weighted by molar-refractivity contribution is 0.0690. The second-order valence-electron chi connectivity index (χ2n) is 8.98. The summed E-state index contributed by atoms with van der Waals surface area (Å²) in [5, 5.41) is 5.93. The standard InChI is InChI=1S/C24H22ClN5O2S2/c1-12-4-3-5-14(8-12)20-18(27-13(2)34-20)23(32)30-11-15-9-16(15)17(30)10-26-22(31)19-21(25)28-24-29(19)6-7-33-24/h3-8,15-17H,9-11H2,1-2H3,(H,26,31)/t15-,16-,17-/m1/s1. The molecule has 6 rings (SSSR count). The number of aromatic nitrogens is 3. The van der Waals surface area contributed by atoms with E-state index in [1.54, 1.807) is 21.9 Å². The number of benzene rings is 1. The number of carbonyl (C=O) groups is 2. The van der Waals surface area contributed by atoms with Crippen LogP contribution in [0.5, 0.6) is 0 Å². The van der Waals surface area contributed by atoms with Gasteiger partial charge in [-0.15, -0.1) is 22.7 Å². The van der Waals surface area contributed by atoms with Crippen LogP contribution in [0.1, 0.15) is 38.0 Å². The molecule has 3 aromatic heterocycles. The largest absolute Gasteiger partial charge is 0.349 e. The average Bonchev–Trinajstić information content (AvgIpc) is 3.14. The van der Waals surface area contributed by atoms with Crippen LogP contribution < -0.4 is 5.32 Å². The molecule has 34 heavy (non-hydrogen) atoms. The third-order valence-electron chi connectivity index (χ3n) is 6.69. The molecule has 10 heteroatoms. The van der Waals surface area contributed by atoms with Crippen LogP contribution in [0.2, 0.25) is 5.15 Å². The van der Waals surface area contributed by atoms with Gasteiger partial charge in [0.2, 0.25) is 0 Å². The van der Waals surface area contributed by atoms with Crippen molar-refractivity contribution in [3.05, 3.63) is 63.0 Å². The fourth-order valence-corrected chi connectivity index (χ4v) is 6.93. The molecule has 174 valence electrons. The maximum absolute atomic E-state index is 13.7. The van der Waals surface area contributed by atoms with E-state index >= 15 is 0 Å². The SMILES string of the molecule is Cc1cccc(-c2sc(C)nc2C(=O)N2C[C@H]3C[C@H]3[C@H]2CNC(=O)c2c(Cl)nc3sccn23)c1. The predicted octanol–water partition coefficient (Wildman–Crippen LogP) is 4.68. The number of piperidine rings is 1. The van der Waals surface area contributed by atoms with E-state index < -0.39 is 0 Å². The van der Waals surface area contributed by atoms with Gasteiger partial charge in [0.15, 0.2) is 15.8 Å². The number of amides is 2. The van der Waals surface area contributed by atoms with Crippen molar-refractivity contribution in [2.24, 2.45) is 11.8 Å². The van der Waals surface area contributed by atoms with E-state index in [1.807, 2.05) is 42.3 Å². The van der Waals surface area contributed by atoms with Gasteiger partial charge in [-0.05, 0) is 37.7 Å². The van der Waals surface area contributed by atoms with Gasteiger partial charge in [-0.3, -0.25) is 14.0 Å². The molecule has 1 saturated carbocycles. The van der Waals surface area contributed by atoms with E-state index in [9.17, 15) is 9.59 Å². The number of halogens is 1. The van der Waals surface area contributed by atoms with E-state index in [0.717, 1.165) is 27.4 Å². The lowest BCUT2D eigenvalue weighted by Gasteiger charge is -2.27. The molecule has 3 atom stereocenters. The zero-order valence-electron chi connectivity index (χ0n) is 18.6. The number of nitrogens with zero attached hydrogens (tertiary/aromatic N) is 4. The Kier molecular flexibility index (Phi) is 5.24. The number of nitrogens with one attached hydrogen (secondary N) is 1. The summed E-state index contributed by atoms with van der Waals surface area (Å²) in [5.41, 5.74) is 2.99. The minimum Gasteiger partial charge on any atom is -0.349 e. The first kappa shape index (κ1) is 21.8. The molecule has 2 amide bonds. The van der Waals surface area contributed by atoms with Crippen molar-refractivity contribution in [1.29, 1.82) is 0 Å². The molecule has 1 aliphatic carbocycles. The molecule has 0 bridgehead atoms. The predicted molar refractivity (Wildman–Crippen MR) is 134 cm³/mol. The minimum atomic E-state index is -0.280. The molecule has 7 nitrogen and oxygen atoms in total. The molecule has 0 unspecified atom stereocenters. The number of rotatable bonds is 5. The average molecular weight is 512 g/mol. The van der Waals surface area contributed by atoms with Gasteiger partial charge in [-0.2, -0.15) is 0 Å². The number of fused-ring (bicyclic) bond motifs is 2. The van der Waals surface area contributed by atoms with E-state index in [-0.39, 0.29) is 23.0 Å². The third-order valence-corrected chi connectivity index (χ3v) is 8.73. The zero-order valence-corrected chi connectivity index (χ0v) is 21.0. The molecule has 1 aromatic carbocycles. The summed E-state index contributed by atoms with van der Waals surface area (Å²) in [7, 11) is 0.